The van der Waals surface area contributed by atoms with Crippen LogP contribution in [0.15, 0.2) is 42.5 Å². The van der Waals surface area contributed by atoms with Crippen LogP contribution in [0.5, 0.6) is 0 Å². The van der Waals surface area contributed by atoms with E-state index in [1.807, 2.05) is 49.4 Å². The maximum atomic E-state index is 11.9. The smallest absolute Gasteiger partial charge is 0.321 e. The lowest BCUT2D eigenvalue weighted by atomic mass is 10.00. The second-order valence-corrected chi connectivity index (χ2v) is 5.28. The molecule has 0 spiro atoms. The van der Waals surface area contributed by atoms with Crippen molar-refractivity contribution in [2.24, 2.45) is 5.73 Å². The van der Waals surface area contributed by atoms with Crippen LogP contribution >= 0.6 is 0 Å². The van der Waals surface area contributed by atoms with Crippen molar-refractivity contribution in [3.8, 4) is 0 Å². The molecule has 23 heavy (non-hydrogen) atoms. The number of nitrogens with two attached hydrogens (primary N) is 1. The predicted octanol–water partition coefficient (Wildman–Crippen LogP) is 1.99. The Kier molecular flexibility index (Phi) is 5.30. The molecule has 6 heteroatoms. The largest absolute Gasteiger partial charge is 0.370 e. The summed E-state index contributed by atoms with van der Waals surface area (Å²) < 4.78 is 0. The molecule has 6 nitrogen and oxygen atoms in total. The zero-order valence-electron chi connectivity index (χ0n) is 12.8. The van der Waals surface area contributed by atoms with Crippen LogP contribution in [0.2, 0.25) is 0 Å². The average molecular weight is 313 g/mol. The molecule has 4 amide bonds. The fourth-order valence-corrected chi connectivity index (χ4v) is 2.36. The van der Waals surface area contributed by atoms with E-state index in [4.69, 9.17) is 5.73 Å². The molecule has 0 radical (unpaired) electrons. The number of rotatable bonds is 5. The minimum Gasteiger partial charge on any atom is -0.370 e. The zero-order chi connectivity index (χ0) is 16.8. The predicted molar refractivity (Wildman–Crippen MR) is 87.5 cm³/mol. The minimum absolute atomic E-state index is 0.0853. The first-order chi connectivity index (χ1) is 11.0. The number of carbonyl (C=O) groups is 3. The molecule has 1 atom stereocenters. The quantitative estimate of drug-likeness (QED) is 0.786. The van der Waals surface area contributed by atoms with Crippen molar-refractivity contribution in [2.75, 3.05) is 0 Å². The number of hydrogen-bond acceptors (Lipinski definition) is 3. The summed E-state index contributed by atoms with van der Waals surface area (Å²) in [5.41, 5.74) is 5.92. The molecular weight excluding hydrogens is 294 g/mol. The summed E-state index contributed by atoms with van der Waals surface area (Å²) in [6.07, 6.45) is -0.191. The van der Waals surface area contributed by atoms with Gasteiger partial charge in [-0.25, -0.2) is 4.79 Å². The van der Waals surface area contributed by atoms with Crippen LogP contribution in [0, 0.1) is 0 Å². The maximum Gasteiger partial charge on any atom is 0.321 e. The number of carbonyl (C=O) groups excluding carboxylic acids is 3. The number of urea groups is 1. The Labute approximate surface area is 134 Å². The van der Waals surface area contributed by atoms with Gasteiger partial charge < -0.3 is 11.1 Å². The van der Waals surface area contributed by atoms with Gasteiger partial charge in [-0.05, 0) is 23.3 Å². The summed E-state index contributed by atoms with van der Waals surface area (Å²) in [6, 6.07) is 12.9. The molecule has 2 aromatic rings. The van der Waals surface area contributed by atoms with E-state index in [1.54, 1.807) is 0 Å². The summed E-state index contributed by atoms with van der Waals surface area (Å²) in [6.45, 7) is 1.84. The Morgan fingerprint density at radius 2 is 1.74 bits per heavy atom. The number of benzene rings is 2. The van der Waals surface area contributed by atoms with E-state index in [1.165, 1.54) is 0 Å². The second-order valence-electron chi connectivity index (χ2n) is 5.28. The normalized spacial score (nSPS) is 11.7. The molecule has 0 unspecified atom stereocenters. The SMILES string of the molecule is C[C@@H](NC(=O)NC(=O)CCC(N)=O)c1cccc2ccccc12. The molecule has 2 aromatic carbocycles. The van der Waals surface area contributed by atoms with Crippen LogP contribution in [0.1, 0.15) is 31.4 Å². The van der Waals surface area contributed by atoms with E-state index < -0.39 is 17.8 Å². The third-order valence-electron chi connectivity index (χ3n) is 3.49. The van der Waals surface area contributed by atoms with Crippen molar-refractivity contribution in [3.63, 3.8) is 0 Å². The van der Waals surface area contributed by atoms with Crippen LogP contribution < -0.4 is 16.4 Å². The Hall–Kier alpha value is -2.89. The Bertz CT molecular complexity index is 737. The van der Waals surface area contributed by atoms with Gasteiger partial charge in [0.15, 0.2) is 0 Å². The third kappa shape index (κ3) is 4.54. The lowest BCUT2D eigenvalue weighted by molar-refractivity contribution is -0.124. The van der Waals surface area contributed by atoms with Crippen molar-refractivity contribution in [1.29, 1.82) is 0 Å². The topological polar surface area (TPSA) is 101 Å². The van der Waals surface area contributed by atoms with Gasteiger partial charge in [0.25, 0.3) is 0 Å². The van der Waals surface area contributed by atoms with E-state index in [0.29, 0.717) is 0 Å². The van der Waals surface area contributed by atoms with Gasteiger partial charge in [-0.2, -0.15) is 0 Å². The molecule has 0 aliphatic carbocycles. The monoisotopic (exact) mass is 313 g/mol. The average Bonchev–Trinajstić information content (AvgIpc) is 2.52. The third-order valence-corrected chi connectivity index (χ3v) is 3.49. The van der Waals surface area contributed by atoms with E-state index in [9.17, 15) is 14.4 Å². The first kappa shape index (κ1) is 16.5. The summed E-state index contributed by atoms with van der Waals surface area (Å²) in [5, 5.41) is 7.03. The zero-order valence-corrected chi connectivity index (χ0v) is 12.8. The van der Waals surface area contributed by atoms with Crippen molar-refractivity contribution in [2.45, 2.75) is 25.8 Å². The highest BCUT2D eigenvalue weighted by molar-refractivity contribution is 5.96. The number of hydrogen-bond donors (Lipinski definition) is 3. The highest BCUT2D eigenvalue weighted by Gasteiger charge is 2.14. The van der Waals surface area contributed by atoms with Crippen molar-refractivity contribution >= 4 is 28.6 Å². The van der Waals surface area contributed by atoms with E-state index in [2.05, 4.69) is 10.6 Å². The summed E-state index contributed by atoms with van der Waals surface area (Å²) in [4.78, 5) is 34.0. The Morgan fingerprint density at radius 1 is 1.04 bits per heavy atom. The van der Waals surface area contributed by atoms with Crippen LogP contribution in [-0.4, -0.2) is 17.8 Å². The highest BCUT2D eigenvalue weighted by atomic mass is 16.2. The fourth-order valence-electron chi connectivity index (χ4n) is 2.36. The number of fused-ring (bicyclic) bond motifs is 1. The molecule has 0 saturated heterocycles. The number of amides is 4. The van der Waals surface area contributed by atoms with Crippen molar-refractivity contribution in [3.05, 3.63) is 48.0 Å². The van der Waals surface area contributed by atoms with Crippen molar-refractivity contribution in [1.82, 2.24) is 10.6 Å². The van der Waals surface area contributed by atoms with Gasteiger partial charge in [-0.3, -0.25) is 14.9 Å². The molecule has 2 rings (SSSR count). The van der Waals surface area contributed by atoms with Gasteiger partial charge in [0.1, 0.15) is 0 Å². The fraction of sp³-hybridized carbons (Fsp3) is 0.235. The molecular formula is C17H19N3O3. The van der Waals surface area contributed by atoms with E-state index in [-0.39, 0.29) is 18.9 Å². The van der Waals surface area contributed by atoms with Gasteiger partial charge >= 0.3 is 6.03 Å². The molecule has 0 bridgehead atoms. The summed E-state index contributed by atoms with van der Waals surface area (Å²) in [7, 11) is 0. The van der Waals surface area contributed by atoms with Crippen LogP contribution in [-0.2, 0) is 9.59 Å². The number of nitrogens with one attached hydrogen (secondary N) is 2. The van der Waals surface area contributed by atoms with Gasteiger partial charge in [0, 0.05) is 12.8 Å². The molecule has 0 heterocycles. The summed E-state index contributed by atoms with van der Waals surface area (Å²) in [5.74, 6) is -1.11. The van der Waals surface area contributed by atoms with Crippen LogP contribution in [0.3, 0.4) is 0 Å². The van der Waals surface area contributed by atoms with E-state index >= 15 is 0 Å². The molecule has 0 aromatic heterocycles. The standard InChI is InChI=1S/C17H19N3O3/c1-11(19-17(23)20-16(22)10-9-15(18)21)13-8-4-6-12-5-2-3-7-14(12)13/h2-8,11H,9-10H2,1H3,(H2,18,21)(H2,19,20,22,23)/t11-/m1/s1. The Balaban J connectivity index is 2.00. The maximum absolute atomic E-state index is 11.9. The lowest BCUT2D eigenvalue weighted by Crippen LogP contribution is -2.40. The van der Waals surface area contributed by atoms with Gasteiger partial charge in [-0.15, -0.1) is 0 Å². The van der Waals surface area contributed by atoms with Gasteiger partial charge in [0.2, 0.25) is 11.8 Å². The van der Waals surface area contributed by atoms with Crippen LogP contribution in [0.4, 0.5) is 4.79 Å². The summed E-state index contributed by atoms with van der Waals surface area (Å²) >= 11 is 0. The van der Waals surface area contributed by atoms with Crippen molar-refractivity contribution < 1.29 is 14.4 Å². The Morgan fingerprint density at radius 3 is 2.48 bits per heavy atom. The molecule has 0 aliphatic rings. The molecule has 120 valence electrons. The second kappa shape index (κ2) is 7.40. The van der Waals surface area contributed by atoms with E-state index in [0.717, 1.165) is 16.3 Å². The van der Waals surface area contributed by atoms with Gasteiger partial charge in [0.05, 0.1) is 6.04 Å². The first-order valence-corrected chi connectivity index (χ1v) is 7.33. The highest BCUT2D eigenvalue weighted by Crippen LogP contribution is 2.23. The van der Waals surface area contributed by atoms with Gasteiger partial charge in [-0.1, -0.05) is 42.5 Å². The minimum atomic E-state index is -0.597. The number of imide groups is 1. The molecule has 4 N–H and O–H groups in total. The molecule has 0 saturated carbocycles. The number of primary amides is 1. The van der Waals surface area contributed by atoms with Crippen LogP contribution in [0.25, 0.3) is 10.8 Å². The lowest BCUT2D eigenvalue weighted by Gasteiger charge is -2.16. The molecule has 0 fully saturated rings. The molecule has 0 aliphatic heterocycles. The first-order valence-electron chi connectivity index (χ1n) is 7.33.